The smallest absolute Gasteiger partial charge is 0.314 e. The van der Waals surface area contributed by atoms with E-state index in [1.165, 1.54) is 44.9 Å². The van der Waals surface area contributed by atoms with E-state index in [0.717, 1.165) is 59.0 Å². The molecule has 6 nitrogen and oxygen atoms in total. The van der Waals surface area contributed by atoms with Crippen molar-refractivity contribution in [3.63, 3.8) is 0 Å². The second-order valence-corrected chi connectivity index (χ2v) is 8.21. The number of carbonyl (C=O) groups excluding carboxylic acids is 1. The molecule has 2 heterocycles. The highest BCUT2D eigenvalue weighted by Gasteiger charge is 2.34. The third-order valence-electron chi connectivity index (χ3n) is 6.21. The third-order valence-corrected chi connectivity index (χ3v) is 6.21. The second-order valence-electron chi connectivity index (χ2n) is 8.21. The molecule has 6 heteroatoms. The number of urea groups is 1. The van der Waals surface area contributed by atoms with Crippen molar-refractivity contribution in [1.29, 1.82) is 0 Å². The van der Waals surface area contributed by atoms with Gasteiger partial charge in [-0.1, -0.05) is 19.3 Å². The standard InChI is InChI=1S/C19H36N4O2/c24-18(21-14-17-4-8-20-9-5-17)22-15-19(6-2-1-3-7-19)16-23-10-12-25-13-11-23/h17,20H,1-16H2,(H2,21,22,24). The number of nitrogens with one attached hydrogen (secondary N) is 3. The van der Waals surface area contributed by atoms with Crippen molar-refractivity contribution >= 4 is 6.03 Å². The lowest BCUT2D eigenvalue weighted by atomic mass is 9.73. The summed E-state index contributed by atoms with van der Waals surface area (Å²) in [4.78, 5) is 14.8. The number of ether oxygens (including phenoxy) is 1. The molecule has 0 aromatic rings. The number of piperidine rings is 1. The van der Waals surface area contributed by atoms with Crippen LogP contribution < -0.4 is 16.0 Å². The van der Waals surface area contributed by atoms with Gasteiger partial charge in [0.15, 0.2) is 0 Å². The van der Waals surface area contributed by atoms with Gasteiger partial charge < -0.3 is 20.7 Å². The lowest BCUT2D eigenvalue weighted by Crippen LogP contribution is -2.51. The monoisotopic (exact) mass is 352 g/mol. The van der Waals surface area contributed by atoms with Gasteiger partial charge in [-0.2, -0.15) is 0 Å². The Morgan fingerprint density at radius 2 is 1.80 bits per heavy atom. The summed E-state index contributed by atoms with van der Waals surface area (Å²) in [5.74, 6) is 0.629. The first-order valence-corrected chi connectivity index (χ1v) is 10.3. The summed E-state index contributed by atoms with van der Waals surface area (Å²) in [7, 11) is 0. The van der Waals surface area contributed by atoms with Crippen LogP contribution in [0.1, 0.15) is 44.9 Å². The van der Waals surface area contributed by atoms with Crippen LogP contribution in [0.2, 0.25) is 0 Å². The molecular weight excluding hydrogens is 316 g/mol. The van der Waals surface area contributed by atoms with E-state index in [0.29, 0.717) is 5.92 Å². The molecule has 0 aromatic carbocycles. The van der Waals surface area contributed by atoms with Crippen LogP contribution in [0, 0.1) is 11.3 Å². The van der Waals surface area contributed by atoms with Crippen LogP contribution in [0.5, 0.6) is 0 Å². The minimum absolute atomic E-state index is 0.0189. The summed E-state index contributed by atoms with van der Waals surface area (Å²) >= 11 is 0. The first-order chi connectivity index (χ1) is 12.3. The van der Waals surface area contributed by atoms with Gasteiger partial charge >= 0.3 is 6.03 Å². The lowest BCUT2D eigenvalue weighted by molar-refractivity contribution is 0.00782. The molecule has 0 atom stereocenters. The summed E-state index contributed by atoms with van der Waals surface area (Å²) in [6.45, 7) is 8.64. The highest BCUT2D eigenvalue weighted by molar-refractivity contribution is 5.73. The van der Waals surface area contributed by atoms with E-state index in [2.05, 4.69) is 20.9 Å². The van der Waals surface area contributed by atoms with Gasteiger partial charge in [-0.3, -0.25) is 4.90 Å². The topological polar surface area (TPSA) is 65.6 Å². The number of nitrogens with zero attached hydrogens (tertiary/aromatic N) is 1. The van der Waals surface area contributed by atoms with Crippen LogP contribution in [0.3, 0.4) is 0 Å². The molecule has 0 bridgehead atoms. The molecule has 0 spiro atoms. The van der Waals surface area contributed by atoms with Gasteiger partial charge in [-0.05, 0) is 44.7 Å². The summed E-state index contributed by atoms with van der Waals surface area (Å²) in [6, 6.07) is 0.0189. The Balaban J connectivity index is 1.43. The van der Waals surface area contributed by atoms with Gasteiger partial charge in [-0.25, -0.2) is 4.79 Å². The first-order valence-electron chi connectivity index (χ1n) is 10.3. The van der Waals surface area contributed by atoms with E-state index < -0.39 is 0 Å². The molecule has 3 fully saturated rings. The quantitative estimate of drug-likeness (QED) is 0.679. The zero-order chi connectivity index (χ0) is 17.4. The van der Waals surface area contributed by atoms with E-state index in [9.17, 15) is 4.79 Å². The van der Waals surface area contributed by atoms with Gasteiger partial charge in [0.1, 0.15) is 0 Å². The van der Waals surface area contributed by atoms with Crippen molar-refractivity contribution in [2.24, 2.45) is 11.3 Å². The second kappa shape index (κ2) is 9.74. The maximum Gasteiger partial charge on any atom is 0.314 e. The molecule has 144 valence electrons. The van der Waals surface area contributed by atoms with Crippen molar-refractivity contribution in [3.8, 4) is 0 Å². The number of hydrogen-bond acceptors (Lipinski definition) is 4. The maximum atomic E-state index is 12.3. The fraction of sp³-hybridized carbons (Fsp3) is 0.947. The molecule has 1 aliphatic carbocycles. The van der Waals surface area contributed by atoms with Gasteiger partial charge in [0.05, 0.1) is 13.2 Å². The van der Waals surface area contributed by atoms with Gasteiger partial charge in [0.25, 0.3) is 0 Å². The molecule has 3 rings (SSSR count). The van der Waals surface area contributed by atoms with Crippen LogP contribution in [0.4, 0.5) is 4.79 Å². The van der Waals surface area contributed by atoms with Crippen LogP contribution >= 0.6 is 0 Å². The summed E-state index contributed by atoms with van der Waals surface area (Å²) in [5, 5.41) is 9.67. The van der Waals surface area contributed by atoms with E-state index in [-0.39, 0.29) is 11.4 Å². The Morgan fingerprint density at radius 3 is 2.52 bits per heavy atom. The molecule has 2 saturated heterocycles. The van der Waals surface area contributed by atoms with Crippen molar-refractivity contribution in [1.82, 2.24) is 20.9 Å². The average Bonchev–Trinajstić information content (AvgIpc) is 2.67. The average molecular weight is 353 g/mol. The molecule has 0 radical (unpaired) electrons. The summed E-state index contributed by atoms with van der Waals surface area (Å²) < 4.78 is 5.48. The predicted molar refractivity (Wildman–Crippen MR) is 99.8 cm³/mol. The predicted octanol–water partition coefficient (Wildman–Crippen LogP) is 1.57. The molecule has 2 amide bonds. The highest BCUT2D eigenvalue weighted by Crippen LogP contribution is 2.36. The largest absolute Gasteiger partial charge is 0.379 e. The fourth-order valence-corrected chi connectivity index (χ4v) is 4.58. The SMILES string of the molecule is O=C(NCC1CCNCC1)NCC1(CN2CCOCC2)CCCCC1. The third kappa shape index (κ3) is 6.12. The minimum Gasteiger partial charge on any atom is -0.379 e. The van der Waals surface area contributed by atoms with Crippen LogP contribution in [-0.2, 0) is 4.74 Å². The number of rotatable bonds is 6. The van der Waals surface area contributed by atoms with Crippen molar-refractivity contribution < 1.29 is 9.53 Å². The molecule has 0 aromatic heterocycles. The van der Waals surface area contributed by atoms with Crippen molar-refractivity contribution in [2.45, 2.75) is 44.9 Å². The molecular formula is C19H36N4O2. The number of morpholine rings is 1. The van der Waals surface area contributed by atoms with Gasteiger partial charge in [-0.15, -0.1) is 0 Å². The number of carbonyl (C=O) groups is 1. The summed E-state index contributed by atoms with van der Waals surface area (Å²) in [6.07, 6.45) is 8.73. The van der Waals surface area contributed by atoms with Crippen LogP contribution in [-0.4, -0.2) is 70.0 Å². The fourth-order valence-electron chi connectivity index (χ4n) is 4.58. The zero-order valence-corrected chi connectivity index (χ0v) is 15.7. The minimum atomic E-state index is 0.0189. The van der Waals surface area contributed by atoms with Crippen LogP contribution in [0.25, 0.3) is 0 Å². The molecule has 0 unspecified atom stereocenters. The van der Waals surface area contributed by atoms with E-state index in [1.54, 1.807) is 0 Å². The maximum absolute atomic E-state index is 12.3. The molecule has 25 heavy (non-hydrogen) atoms. The lowest BCUT2D eigenvalue weighted by Gasteiger charge is -2.42. The van der Waals surface area contributed by atoms with Crippen molar-refractivity contribution in [2.75, 3.05) is 59.0 Å². The molecule has 3 aliphatic rings. The Kier molecular flexibility index (Phi) is 7.37. The molecule has 3 N–H and O–H groups in total. The van der Waals surface area contributed by atoms with E-state index in [1.807, 2.05) is 0 Å². The molecule has 1 saturated carbocycles. The van der Waals surface area contributed by atoms with Gasteiger partial charge in [0.2, 0.25) is 0 Å². The number of hydrogen-bond donors (Lipinski definition) is 3. The Hall–Kier alpha value is -0.850. The zero-order valence-electron chi connectivity index (χ0n) is 15.7. The van der Waals surface area contributed by atoms with E-state index in [4.69, 9.17) is 4.74 Å². The normalized spacial score (nSPS) is 25.4. The highest BCUT2D eigenvalue weighted by atomic mass is 16.5. The number of amides is 2. The van der Waals surface area contributed by atoms with E-state index >= 15 is 0 Å². The molecule has 2 aliphatic heterocycles. The Bertz CT molecular complexity index is 400. The Labute approximate surface area is 152 Å². The summed E-state index contributed by atoms with van der Waals surface area (Å²) in [5.41, 5.74) is 0.252. The Morgan fingerprint density at radius 1 is 1.08 bits per heavy atom. The first kappa shape index (κ1) is 18.9. The van der Waals surface area contributed by atoms with Crippen LogP contribution in [0.15, 0.2) is 0 Å². The van der Waals surface area contributed by atoms with Crippen molar-refractivity contribution in [3.05, 3.63) is 0 Å². The van der Waals surface area contributed by atoms with Gasteiger partial charge in [0, 0.05) is 38.1 Å².